The van der Waals surface area contributed by atoms with Crippen LogP contribution in [-0.2, 0) is 12.8 Å². The van der Waals surface area contributed by atoms with Crippen molar-refractivity contribution < 1.29 is 0 Å². The van der Waals surface area contributed by atoms with Crippen molar-refractivity contribution in [2.45, 2.75) is 31.6 Å². The van der Waals surface area contributed by atoms with Crippen molar-refractivity contribution in [2.75, 3.05) is 0 Å². The maximum atomic E-state index is 2.56. The van der Waals surface area contributed by atoms with E-state index >= 15 is 0 Å². The first-order chi connectivity index (χ1) is 6.07. The standard InChI is InChI=1S/C9H9.3CH3.Sn/c1-2-5-9-7-3-6-8(9)4-1;;;;/h1-5H,6-7H2;3*1H3;. The zero-order chi connectivity index (χ0) is 9.47. The maximum absolute atomic E-state index is 2.56. The van der Waals surface area contributed by atoms with Gasteiger partial charge in [0.15, 0.2) is 0 Å². The van der Waals surface area contributed by atoms with E-state index in [0.717, 1.165) is 3.93 Å². The number of benzene rings is 1. The first kappa shape index (κ1) is 9.57. The summed E-state index contributed by atoms with van der Waals surface area (Å²) in [7, 11) is 0. The Bertz CT molecular complexity index is 284. The van der Waals surface area contributed by atoms with Crippen molar-refractivity contribution >= 4 is 18.4 Å². The van der Waals surface area contributed by atoms with Gasteiger partial charge in [-0.2, -0.15) is 0 Å². The molecule has 0 saturated carbocycles. The van der Waals surface area contributed by atoms with Gasteiger partial charge in [0.05, 0.1) is 0 Å². The average molecular weight is 281 g/mol. The minimum absolute atomic E-state index is 1.05. The summed E-state index contributed by atoms with van der Waals surface area (Å²) in [6, 6.07) is 8.98. The first-order valence-electron chi connectivity index (χ1n) is 5.14. The van der Waals surface area contributed by atoms with E-state index in [9.17, 15) is 0 Å². The quantitative estimate of drug-likeness (QED) is 0.691. The summed E-state index contributed by atoms with van der Waals surface area (Å²) in [5.41, 5.74) is 3.25. The van der Waals surface area contributed by atoms with Gasteiger partial charge in [-0.05, 0) is 0 Å². The molecule has 1 aromatic rings. The predicted molar refractivity (Wildman–Crippen MR) is 60.9 cm³/mol. The number of rotatable bonds is 1. The fourth-order valence-electron chi connectivity index (χ4n) is 2.17. The molecule has 0 aliphatic heterocycles. The minimum atomic E-state index is -1.63. The Morgan fingerprint density at radius 2 is 1.46 bits per heavy atom. The predicted octanol–water partition coefficient (Wildman–Crippen LogP) is 3.49. The zero-order valence-corrected chi connectivity index (χ0v) is 11.7. The van der Waals surface area contributed by atoms with Crippen molar-refractivity contribution in [3.8, 4) is 0 Å². The van der Waals surface area contributed by atoms with Crippen LogP contribution in [0.2, 0.25) is 18.8 Å². The second-order valence-corrected chi connectivity index (χ2v) is 21.1. The Balaban J connectivity index is 2.23. The van der Waals surface area contributed by atoms with Gasteiger partial charge in [0.25, 0.3) is 0 Å². The first-order valence-corrected chi connectivity index (χ1v) is 15.3. The van der Waals surface area contributed by atoms with Crippen LogP contribution in [0.15, 0.2) is 24.3 Å². The molecule has 0 nitrogen and oxygen atoms in total. The van der Waals surface area contributed by atoms with Crippen LogP contribution < -0.4 is 0 Å². The van der Waals surface area contributed by atoms with Gasteiger partial charge in [-0.25, -0.2) is 0 Å². The molecule has 0 atom stereocenters. The van der Waals surface area contributed by atoms with E-state index < -0.39 is 18.4 Å². The van der Waals surface area contributed by atoms with E-state index in [2.05, 4.69) is 39.1 Å². The van der Waals surface area contributed by atoms with Gasteiger partial charge in [0.2, 0.25) is 0 Å². The second kappa shape index (κ2) is 3.30. The van der Waals surface area contributed by atoms with Gasteiger partial charge in [-0.3, -0.25) is 0 Å². The summed E-state index contributed by atoms with van der Waals surface area (Å²) >= 11 is -1.63. The Morgan fingerprint density at radius 3 is 1.85 bits per heavy atom. The van der Waals surface area contributed by atoms with E-state index in [1.807, 2.05) is 0 Å². The van der Waals surface area contributed by atoms with E-state index in [-0.39, 0.29) is 0 Å². The Labute approximate surface area is 85.2 Å². The van der Waals surface area contributed by atoms with E-state index in [0.29, 0.717) is 0 Å². The van der Waals surface area contributed by atoms with E-state index in [1.165, 1.54) is 12.8 Å². The molecule has 0 fully saturated rings. The van der Waals surface area contributed by atoms with E-state index in [4.69, 9.17) is 0 Å². The zero-order valence-electron chi connectivity index (χ0n) is 8.80. The second-order valence-electron chi connectivity index (χ2n) is 5.24. The molecule has 0 heterocycles. The third-order valence-electron chi connectivity index (χ3n) is 3.28. The van der Waals surface area contributed by atoms with Crippen molar-refractivity contribution in [2.24, 2.45) is 0 Å². The molecule has 2 rings (SSSR count). The fraction of sp³-hybridized carbons (Fsp3) is 0.500. The fourth-order valence-corrected chi connectivity index (χ4v) is 6.92. The molecule has 0 radical (unpaired) electrons. The Morgan fingerprint density at radius 1 is 1.00 bits per heavy atom. The van der Waals surface area contributed by atoms with Crippen LogP contribution >= 0.6 is 0 Å². The van der Waals surface area contributed by atoms with Gasteiger partial charge in [-0.15, -0.1) is 0 Å². The molecule has 1 aliphatic rings. The SMILES string of the molecule is [CH3][Sn]([CH3])([CH3])[CH]1Cc2ccccc2C1. The van der Waals surface area contributed by atoms with Gasteiger partial charge < -0.3 is 0 Å². The van der Waals surface area contributed by atoms with Gasteiger partial charge in [0.1, 0.15) is 0 Å². The molecule has 1 aromatic carbocycles. The molecule has 0 N–H and O–H groups in total. The van der Waals surface area contributed by atoms with Crippen LogP contribution in [0.1, 0.15) is 11.1 Å². The van der Waals surface area contributed by atoms with Crippen LogP contribution in [0.5, 0.6) is 0 Å². The molecular weight excluding hydrogens is 263 g/mol. The number of hydrogen-bond acceptors (Lipinski definition) is 0. The molecule has 0 saturated heterocycles. The number of hydrogen-bond donors (Lipinski definition) is 0. The van der Waals surface area contributed by atoms with Crippen molar-refractivity contribution in [3.63, 3.8) is 0 Å². The molecule has 13 heavy (non-hydrogen) atoms. The third kappa shape index (κ3) is 1.93. The summed E-state index contributed by atoms with van der Waals surface area (Å²) in [5, 5.41) is 0. The normalized spacial score (nSPS) is 17.5. The Kier molecular flexibility index (Phi) is 2.43. The molecular formula is C12H18Sn. The Hall–Kier alpha value is 0.0187. The van der Waals surface area contributed by atoms with Crippen LogP contribution in [0.4, 0.5) is 0 Å². The van der Waals surface area contributed by atoms with Gasteiger partial charge in [-0.1, -0.05) is 0 Å². The molecule has 0 unspecified atom stereocenters. The van der Waals surface area contributed by atoms with Crippen LogP contribution in [0.25, 0.3) is 0 Å². The van der Waals surface area contributed by atoms with Crippen LogP contribution in [0.3, 0.4) is 0 Å². The summed E-state index contributed by atoms with van der Waals surface area (Å²) in [6.45, 7) is 0. The summed E-state index contributed by atoms with van der Waals surface area (Å²) < 4.78 is 1.05. The average Bonchev–Trinajstić information content (AvgIpc) is 2.45. The van der Waals surface area contributed by atoms with Crippen LogP contribution in [0, 0.1) is 0 Å². The van der Waals surface area contributed by atoms with E-state index in [1.54, 1.807) is 11.1 Å². The summed E-state index contributed by atoms with van der Waals surface area (Å²) in [4.78, 5) is 7.68. The molecule has 0 amide bonds. The van der Waals surface area contributed by atoms with Gasteiger partial charge >= 0.3 is 85.4 Å². The van der Waals surface area contributed by atoms with Crippen molar-refractivity contribution in [3.05, 3.63) is 35.4 Å². The molecule has 0 aromatic heterocycles. The summed E-state index contributed by atoms with van der Waals surface area (Å²) in [6.07, 6.45) is 2.74. The van der Waals surface area contributed by atoms with Gasteiger partial charge in [0, 0.05) is 0 Å². The number of fused-ring (bicyclic) bond motifs is 1. The third-order valence-corrected chi connectivity index (χ3v) is 11.4. The molecule has 1 aliphatic carbocycles. The molecule has 70 valence electrons. The summed E-state index contributed by atoms with van der Waals surface area (Å²) in [5.74, 6) is 0. The topological polar surface area (TPSA) is 0 Å². The monoisotopic (exact) mass is 282 g/mol. The molecule has 1 heteroatoms. The van der Waals surface area contributed by atoms with Crippen LogP contribution in [-0.4, -0.2) is 18.4 Å². The molecule has 0 spiro atoms. The van der Waals surface area contributed by atoms with Crippen molar-refractivity contribution in [1.29, 1.82) is 0 Å². The van der Waals surface area contributed by atoms with Crippen molar-refractivity contribution in [1.82, 2.24) is 0 Å². The molecule has 0 bridgehead atoms.